The summed E-state index contributed by atoms with van der Waals surface area (Å²) in [5.74, 6) is -0.549. The molecule has 2 aromatic carbocycles. The van der Waals surface area contributed by atoms with Gasteiger partial charge < -0.3 is 9.15 Å². The average Bonchev–Trinajstić information content (AvgIpc) is 3.25. The van der Waals surface area contributed by atoms with E-state index in [1.54, 1.807) is 18.4 Å². The van der Waals surface area contributed by atoms with Crippen molar-refractivity contribution in [1.82, 2.24) is 4.98 Å². The summed E-state index contributed by atoms with van der Waals surface area (Å²) in [6.45, 7) is -0.0634. The molecule has 0 radical (unpaired) electrons. The lowest BCUT2D eigenvalue weighted by Crippen LogP contribution is -2.31. The average molecular weight is 491 g/mol. The van der Waals surface area contributed by atoms with Crippen LogP contribution >= 0.6 is 23.2 Å². The Morgan fingerprint density at radius 1 is 1.09 bits per heavy atom. The van der Waals surface area contributed by atoms with Gasteiger partial charge in [-0.25, -0.2) is 22.5 Å². The minimum absolute atomic E-state index is 0.0210. The second kappa shape index (κ2) is 8.82. The SMILES string of the molecule is COC(=O)c1ccc(S(=O)(=O)N(Cc2ccc3ccoc3c2)c2ncc(Cl)cc2Cl)cc1. The van der Waals surface area contributed by atoms with E-state index in [2.05, 4.69) is 9.72 Å². The van der Waals surface area contributed by atoms with Gasteiger partial charge in [-0.15, -0.1) is 0 Å². The summed E-state index contributed by atoms with van der Waals surface area (Å²) in [6.07, 6.45) is 2.88. The number of furan rings is 1. The first-order valence-electron chi connectivity index (χ1n) is 9.28. The number of halogens is 2. The van der Waals surface area contributed by atoms with Crippen LogP contribution in [0, 0.1) is 0 Å². The first-order chi connectivity index (χ1) is 15.3. The first-order valence-corrected chi connectivity index (χ1v) is 11.5. The molecular weight excluding hydrogens is 475 g/mol. The third kappa shape index (κ3) is 4.29. The van der Waals surface area contributed by atoms with Gasteiger partial charge in [-0.2, -0.15) is 0 Å². The largest absolute Gasteiger partial charge is 0.465 e. The van der Waals surface area contributed by atoms with Gasteiger partial charge in [-0.3, -0.25) is 0 Å². The van der Waals surface area contributed by atoms with Crippen LogP contribution < -0.4 is 4.31 Å². The van der Waals surface area contributed by atoms with Gasteiger partial charge >= 0.3 is 5.97 Å². The highest BCUT2D eigenvalue weighted by Crippen LogP contribution is 2.32. The molecule has 0 bridgehead atoms. The van der Waals surface area contributed by atoms with Gasteiger partial charge in [0.05, 0.1) is 40.4 Å². The molecule has 0 aliphatic heterocycles. The Bertz CT molecular complexity index is 1400. The normalized spacial score (nSPS) is 11.5. The van der Waals surface area contributed by atoms with Gasteiger partial charge in [0.1, 0.15) is 5.58 Å². The number of aromatic nitrogens is 1. The van der Waals surface area contributed by atoms with Gasteiger partial charge in [0.2, 0.25) is 0 Å². The molecule has 0 atom stereocenters. The van der Waals surface area contributed by atoms with Crippen molar-refractivity contribution in [1.29, 1.82) is 0 Å². The Hall–Kier alpha value is -3.07. The lowest BCUT2D eigenvalue weighted by molar-refractivity contribution is 0.0600. The molecule has 7 nitrogen and oxygen atoms in total. The fourth-order valence-electron chi connectivity index (χ4n) is 3.14. The second-order valence-corrected chi connectivity index (χ2v) is 9.49. The number of esters is 1. The van der Waals surface area contributed by atoms with Crippen molar-refractivity contribution in [2.24, 2.45) is 0 Å². The molecule has 0 saturated carbocycles. The van der Waals surface area contributed by atoms with Crippen LogP contribution in [0.15, 0.2) is 76.4 Å². The van der Waals surface area contributed by atoms with E-state index in [1.165, 1.54) is 43.6 Å². The van der Waals surface area contributed by atoms with Crippen LogP contribution in [-0.4, -0.2) is 26.5 Å². The number of hydrogen-bond acceptors (Lipinski definition) is 6. The van der Waals surface area contributed by atoms with Crippen LogP contribution in [0.3, 0.4) is 0 Å². The van der Waals surface area contributed by atoms with E-state index in [0.29, 0.717) is 11.1 Å². The maximum Gasteiger partial charge on any atom is 0.337 e. The number of anilines is 1. The summed E-state index contributed by atoms with van der Waals surface area (Å²) in [5.41, 5.74) is 1.51. The third-order valence-corrected chi connectivity index (χ3v) is 6.97. The Labute approximate surface area is 194 Å². The van der Waals surface area contributed by atoms with Crippen molar-refractivity contribution in [3.63, 3.8) is 0 Å². The molecule has 0 saturated heterocycles. The van der Waals surface area contributed by atoms with Gasteiger partial charge in [0.15, 0.2) is 5.82 Å². The Morgan fingerprint density at radius 3 is 2.53 bits per heavy atom. The van der Waals surface area contributed by atoms with Crippen LogP contribution in [0.2, 0.25) is 10.0 Å². The molecule has 2 aromatic heterocycles. The predicted octanol–water partition coefficient (Wildman–Crippen LogP) is 5.32. The highest BCUT2D eigenvalue weighted by Gasteiger charge is 2.28. The first kappa shape index (κ1) is 22.1. The van der Waals surface area contributed by atoms with Crippen molar-refractivity contribution in [2.75, 3.05) is 11.4 Å². The zero-order valence-corrected chi connectivity index (χ0v) is 19.0. The maximum atomic E-state index is 13.6. The van der Waals surface area contributed by atoms with E-state index < -0.39 is 16.0 Å². The molecule has 0 fully saturated rings. The lowest BCUT2D eigenvalue weighted by Gasteiger charge is -2.24. The number of sulfonamides is 1. The van der Waals surface area contributed by atoms with E-state index in [9.17, 15) is 13.2 Å². The molecule has 0 amide bonds. The number of ether oxygens (including phenoxy) is 1. The van der Waals surface area contributed by atoms with Crippen LogP contribution in [0.1, 0.15) is 15.9 Å². The third-order valence-electron chi connectivity index (χ3n) is 4.73. The zero-order chi connectivity index (χ0) is 22.9. The lowest BCUT2D eigenvalue weighted by atomic mass is 10.2. The number of carbonyl (C=O) groups excluding carboxylic acids is 1. The number of rotatable bonds is 6. The topological polar surface area (TPSA) is 89.7 Å². The highest BCUT2D eigenvalue weighted by atomic mass is 35.5. The summed E-state index contributed by atoms with van der Waals surface area (Å²) in [7, 11) is -2.87. The van der Waals surface area contributed by atoms with Gasteiger partial charge in [0.25, 0.3) is 10.0 Å². The van der Waals surface area contributed by atoms with Crippen LogP contribution in [0.25, 0.3) is 11.0 Å². The Morgan fingerprint density at radius 2 is 1.84 bits per heavy atom. The van der Waals surface area contributed by atoms with Crippen LogP contribution in [-0.2, 0) is 21.3 Å². The fourth-order valence-corrected chi connectivity index (χ4v) is 5.09. The Kier molecular flexibility index (Phi) is 6.10. The van der Waals surface area contributed by atoms with Crippen LogP contribution in [0.4, 0.5) is 5.82 Å². The summed E-state index contributed by atoms with van der Waals surface area (Å²) < 4.78 is 38.4. The zero-order valence-electron chi connectivity index (χ0n) is 16.7. The number of carbonyl (C=O) groups is 1. The predicted molar refractivity (Wildman–Crippen MR) is 122 cm³/mol. The molecule has 164 valence electrons. The van der Waals surface area contributed by atoms with E-state index in [1.807, 2.05) is 12.1 Å². The van der Waals surface area contributed by atoms with Gasteiger partial charge in [0, 0.05) is 11.6 Å². The van der Waals surface area contributed by atoms with Gasteiger partial charge in [-0.1, -0.05) is 35.3 Å². The Balaban J connectivity index is 1.79. The van der Waals surface area contributed by atoms with E-state index in [4.69, 9.17) is 27.6 Å². The molecule has 32 heavy (non-hydrogen) atoms. The van der Waals surface area contributed by atoms with Crippen molar-refractivity contribution in [3.8, 4) is 0 Å². The van der Waals surface area contributed by atoms with E-state index in [-0.39, 0.29) is 32.9 Å². The molecule has 4 rings (SSSR count). The number of hydrogen-bond donors (Lipinski definition) is 0. The molecule has 0 aliphatic rings. The molecule has 10 heteroatoms. The summed E-state index contributed by atoms with van der Waals surface area (Å²) in [4.78, 5) is 15.8. The quantitative estimate of drug-likeness (QED) is 0.340. The van der Waals surface area contributed by atoms with Crippen molar-refractivity contribution < 1.29 is 22.4 Å². The number of fused-ring (bicyclic) bond motifs is 1. The maximum absolute atomic E-state index is 13.6. The molecule has 0 spiro atoms. The van der Waals surface area contributed by atoms with Crippen molar-refractivity contribution in [2.45, 2.75) is 11.4 Å². The minimum Gasteiger partial charge on any atom is -0.465 e. The fraction of sp³-hybridized carbons (Fsp3) is 0.0909. The number of pyridine rings is 1. The molecule has 0 N–H and O–H groups in total. The number of methoxy groups -OCH3 is 1. The number of nitrogens with zero attached hydrogens (tertiary/aromatic N) is 2. The smallest absolute Gasteiger partial charge is 0.337 e. The minimum atomic E-state index is -4.12. The van der Waals surface area contributed by atoms with Crippen molar-refractivity contribution >= 4 is 56.0 Å². The van der Waals surface area contributed by atoms with Crippen LogP contribution in [0.5, 0.6) is 0 Å². The molecule has 0 unspecified atom stereocenters. The molecule has 0 aliphatic carbocycles. The summed E-state index contributed by atoms with van der Waals surface area (Å²) in [5, 5.41) is 1.24. The van der Waals surface area contributed by atoms with E-state index in [0.717, 1.165) is 9.69 Å². The molecule has 2 heterocycles. The summed E-state index contributed by atoms with van der Waals surface area (Å²) in [6, 6.07) is 14.0. The summed E-state index contributed by atoms with van der Waals surface area (Å²) >= 11 is 12.3. The number of benzene rings is 2. The van der Waals surface area contributed by atoms with E-state index >= 15 is 0 Å². The second-order valence-electron chi connectivity index (χ2n) is 6.78. The van der Waals surface area contributed by atoms with Gasteiger partial charge in [-0.05, 0) is 48.0 Å². The highest BCUT2D eigenvalue weighted by molar-refractivity contribution is 7.92. The monoisotopic (exact) mass is 490 g/mol. The standard InChI is InChI=1S/C22H16Cl2N2O5S/c1-30-22(27)16-4-6-18(7-5-16)32(28,29)26(21-19(24)11-17(23)12-25-21)13-14-2-3-15-8-9-31-20(15)10-14/h2-12H,13H2,1H3. The molecule has 4 aromatic rings. The molecular formula is C22H16Cl2N2O5S. The van der Waals surface area contributed by atoms with Crippen molar-refractivity contribution in [3.05, 3.63) is 88.2 Å².